The molecule has 0 aromatic heterocycles. The largest absolute Gasteiger partial charge is 0.0876 e. The van der Waals surface area contributed by atoms with Gasteiger partial charge in [-0.3, -0.25) is 0 Å². The van der Waals surface area contributed by atoms with Gasteiger partial charge >= 0.3 is 0 Å². The van der Waals surface area contributed by atoms with Gasteiger partial charge in [0.15, 0.2) is 0 Å². The van der Waals surface area contributed by atoms with Gasteiger partial charge in [0.05, 0.1) is 0 Å². The number of halogens is 1. The van der Waals surface area contributed by atoms with E-state index in [-0.39, 0.29) is 0 Å². The van der Waals surface area contributed by atoms with Crippen LogP contribution in [0.25, 0.3) is 0 Å². The van der Waals surface area contributed by atoms with Crippen LogP contribution >= 0.6 is 22.6 Å². The summed E-state index contributed by atoms with van der Waals surface area (Å²) in [7, 11) is 0. The van der Waals surface area contributed by atoms with Crippen LogP contribution in [0.1, 0.15) is 58.3 Å². The van der Waals surface area contributed by atoms with E-state index < -0.39 is 0 Å². The average molecular weight is 382 g/mol. The van der Waals surface area contributed by atoms with Gasteiger partial charge in [-0.25, -0.2) is 0 Å². The van der Waals surface area contributed by atoms with Gasteiger partial charge in [-0.1, -0.05) is 59.7 Å². The van der Waals surface area contributed by atoms with Gasteiger partial charge in [0.25, 0.3) is 0 Å². The van der Waals surface area contributed by atoms with Gasteiger partial charge in [-0.2, -0.15) is 0 Å². The quantitative estimate of drug-likeness (QED) is 0.300. The molecule has 0 aliphatic heterocycles. The van der Waals surface area contributed by atoms with E-state index in [2.05, 4.69) is 47.7 Å². The zero-order chi connectivity index (χ0) is 13.8. The first kappa shape index (κ1) is 13.8. The van der Waals surface area contributed by atoms with Crippen LogP contribution in [0.2, 0.25) is 0 Å². The molecule has 4 aliphatic rings. The second-order valence-electron chi connectivity index (χ2n) is 8.01. The lowest BCUT2D eigenvalue weighted by Gasteiger charge is -2.57. The van der Waals surface area contributed by atoms with Crippen molar-refractivity contribution in [2.45, 2.75) is 58.3 Å². The maximum absolute atomic E-state index is 2.68. The molecule has 0 amide bonds. The standard InChI is InChI=1S/C19H27I/c1-18-10-3-2-5-14(18)7-8-15-16(18)9-12-19(13-20)11-4-6-17(15)19/h4,7,11,15-17H,2-3,5-6,8-10,12-13H2,1H3/t15-,16+,17+,18+,19+/m1/s1. The SMILES string of the molecule is C[C@]12CCCCC1=CC[C@H]1[C@@H]3CC=C[C@@]3(CI)CC[C@@H]12. The van der Waals surface area contributed by atoms with E-state index in [1.165, 1.54) is 55.8 Å². The van der Waals surface area contributed by atoms with Crippen molar-refractivity contribution in [2.75, 3.05) is 4.43 Å². The highest BCUT2D eigenvalue weighted by Crippen LogP contribution is 2.63. The molecule has 20 heavy (non-hydrogen) atoms. The van der Waals surface area contributed by atoms with Crippen molar-refractivity contribution < 1.29 is 0 Å². The van der Waals surface area contributed by atoms with Crippen molar-refractivity contribution in [2.24, 2.45) is 28.6 Å². The summed E-state index contributed by atoms with van der Waals surface area (Å²) in [5, 5.41) is 0. The maximum Gasteiger partial charge on any atom is 0.00895 e. The first-order valence-corrected chi connectivity index (χ1v) is 10.2. The van der Waals surface area contributed by atoms with Gasteiger partial charge in [0, 0.05) is 9.84 Å². The minimum atomic E-state index is 0.568. The third-order valence-electron chi connectivity index (χ3n) is 7.36. The van der Waals surface area contributed by atoms with Crippen LogP contribution in [-0.4, -0.2) is 4.43 Å². The van der Waals surface area contributed by atoms with E-state index in [1.54, 1.807) is 0 Å². The zero-order valence-corrected chi connectivity index (χ0v) is 14.9. The average Bonchev–Trinajstić information content (AvgIpc) is 2.91. The minimum Gasteiger partial charge on any atom is -0.0876 e. The third kappa shape index (κ3) is 1.77. The highest BCUT2D eigenvalue weighted by Gasteiger charge is 2.55. The van der Waals surface area contributed by atoms with Crippen LogP contribution in [0, 0.1) is 28.6 Å². The number of hydrogen-bond acceptors (Lipinski definition) is 0. The predicted octanol–water partition coefficient (Wildman–Crippen LogP) is 5.92. The van der Waals surface area contributed by atoms with Crippen molar-refractivity contribution in [3.05, 3.63) is 23.8 Å². The summed E-state index contributed by atoms with van der Waals surface area (Å²) in [5.41, 5.74) is 2.98. The van der Waals surface area contributed by atoms with Gasteiger partial charge in [0.2, 0.25) is 0 Å². The molecule has 0 radical (unpaired) electrons. The minimum absolute atomic E-state index is 0.568. The summed E-state index contributed by atoms with van der Waals surface area (Å²) >= 11 is 2.65. The summed E-state index contributed by atoms with van der Waals surface area (Å²) in [6.45, 7) is 2.62. The fourth-order valence-corrected chi connectivity index (χ4v) is 7.42. The molecule has 2 saturated carbocycles. The van der Waals surface area contributed by atoms with E-state index in [0.29, 0.717) is 10.8 Å². The normalized spacial score (nSPS) is 50.1. The molecule has 0 saturated heterocycles. The molecular formula is C19H27I. The van der Waals surface area contributed by atoms with E-state index in [0.717, 1.165) is 17.8 Å². The number of rotatable bonds is 1. The summed E-state index contributed by atoms with van der Waals surface area (Å²) in [4.78, 5) is 0. The molecule has 0 spiro atoms. The van der Waals surface area contributed by atoms with Crippen LogP contribution in [-0.2, 0) is 0 Å². The number of allylic oxidation sites excluding steroid dienone is 4. The Labute approximate surface area is 137 Å². The fraction of sp³-hybridized carbons (Fsp3) is 0.789. The zero-order valence-electron chi connectivity index (χ0n) is 12.7. The van der Waals surface area contributed by atoms with Crippen LogP contribution < -0.4 is 0 Å². The van der Waals surface area contributed by atoms with Crippen molar-refractivity contribution >= 4 is 22.6 Å². The molecule has 110 valence electrons. The molecule has 2 fully saturated rings. The molecule has 0 aromatic rings. The smallest absolute Gasteiger partial charge is 0.00895 e. The number of alkyl halides is 1. The van der Waals surface area contributed by atoms with Crippen LogP contribution in [0.4, 0.5) is 0 Å². The molecule has 0 nitrogen and oxygen atoms in total. The lowest BCUT2D eigenvalue weighted by Crippen LogP contribution is -2.49. The number of fused-ring (bicyclic) bond motifs is 5. The summed E-state index contributed by atoms with van der Waals surface area (Å²) in [5.74, 6) is 2.92. The first-order chi connectivity index (χ1) is 9.70. The highest BCUT2D eigenvalue weighted by atomic mass is 127. The van der Waals surface area contributed by atoms with Gasteiger partial charge in [0.1, 0.15) is 0 Å². The summed E-state index contributed by atoms with van der Waals surface area (Å²) in [6.07, 6.45) is 19.3. The van der Waals surface area contributed by atoms with Gasteiger partial charge < -0.3 is 0 Å². The Morgan fingerprint density at radius 2 is 2.10 bits per heavy atom. The second kappa shape index (κ2) is 4.86. The van der Waals surface area contributed by atoms with Crippen molar-refractivity contribution in [1.29, 1.82) is 0 Å². The van der Waals surface area contributed by atoms with E-state index in [9.17, 15) is 0 Å². The first-order valence-electron chi connectivity index (χ1n) is 8.63. The molecular weight excluding hydrogens is 355 g/mol. The predicted molar refractivity (Wildman–Crippen MR) is 94.1 cm³/mol. The highest BCUT2D eigenvalue weighted by molar-refractivity contribution is 14.1. The van der Waals surface area contributed by atoms with Crippen LogP contribution in [0.5, 0.6) is 0 Å². The molecule has 0 heterocycles. The third-order valence-corrected chi connectivity index (χ3v) is 8.78. The fourth-order valence-electron chi connectivity index (χ4n) is 6.22. The Kier molecular flexibility index (Phi) is 3.36. The second-order valence-corrected chi connectivity index (χ2v) is 8.77. The van der Waals surface area contributed by atoms with Gasteiger partial charge in [-0.05, 0) is 68.1 Å². The molecule has 0 aromatic carbocycles. The Balaban J connectivity index is 1.70. The Hall–Kier alpha value is 0.210. The molecule has 5 atom stereocenters. The molecule has 1 heteroatoms. The number of hydrogen-bond donors (Lipinski definition) is 0. The molecule has 0 bridgehead atoms. The maximum atomic E-state index is 2.68. The lowest BCUT2D eigenvalue weighted by atomic mass is 9.48. The molecule has 0 N–H and O–H groups in total. The molecule has 0 unspecified atom stereocenters. The van der Waals surface area contributed by atoms with Gasteiger partial charge in [-0.15, -0.1) is 0 Å². The summed E-state index contributed by atoms with van der Waals surface area (Å²) in [6, 6.07) is 0. The Morgan fingerprint density at radius 3 is 2.95 bits per heavy atom. The van der Waals surface area contributed by atoms with E-state index in [1.807, 2.05) is 5.57 Å². The van der Waals surface area contributed by atoms with E-state index in [4.69, 9.17) is 0 Å². The molecule has 4 rings (SSSR count). The molecule has 4 aliphatic carbocycles. The van der Waals surface area contributed by atoms with Crippen LogP contribution in [0.15, 0.2) is 23.8 Å². The van der Waals surface area contributed by atoms with Crippen molar-refractivity contribution in [3.8, 4) is 0 Å². The lowest BCUT2D eigenvalue weighted by molar-refractivity contribution is -0.0101. The van der Waals surface area contributed by atoms with Crippen LogP contribution in [0.3, 0.4) is 0 Å². The Morgan fingerprint density at radius 1 is 1.20 bits per heavy atom. The van der Waals surface area contributed by atoms with E-state index >= 15 is 0 Å². The van der Waals surface area contributed by atoms with Crippen molar-refractivity contribution in [3.63, 3.8) is 0 Å². The topological polar surface area (TPSA) is 0 Å². The Bertz CT molecular complexity index is 462. The summed E-state index contributed by atoms with van der Waals surface area (Å²) < 4.78 is 1.34. The monoisotopic (exact) mass is 382 g/mol. The van der Waals surface area contributed by atoms with Crippen molar-refractivity contribution in [1.82, 2.24) is 0 Å².